The lowest BCUT2D eigenvalue weighted by Gasteiger charge is -2.36. The summed E-state index contributed by atoms with van der Waals surface area (Å²) < 4.78 is 11.0. The molecule has 2 heterocycles. The van der Waals surface area contributed by atoms with Crippen molar-refractivity contribution in [2.45, 2.75) is 39.3 Å². The van der Waals surface area contributed by atoms with Gasteiger partial charge < -0.3 is 14.8 Å². The predicted molar refractivity (Wildman–Crippen MR) is 130 cm³/mol. The second kappa shape index (κ2) is 9.72. The number of fused-ring (bicyclic) bond motifs is 1. The highest BCUT2D eigenvalue weighted by molar-refractivity contribution is 7.09. The van der Waals surface area contributed by atoms with Crippen molar-refractivity contribution in [3.63, 3.8) is 0 Å². The van der Waals surface area contributed by atoms with Gasteiger partial charge in [-0.2, -0.15) is 0 Å². The Balaban J connectivity index is 1.64. The highest BCUT2D eigenvalue weighted by atomic mass is 32.1. The predicted octanol–water partition coefficient (Wildman–Crippen LogP) is 4.45. The molecule has 0 saturated carbocycles. The Hall–Kier alpha value is -3.23. The SMILES string of the molecule is COCCc1nc(-c2ccc3c(c2)N(C(C)C(=O)Nc2ccccc2C)C(=O)C(C)O3)cs1. The van der Waals surface area contributed by atoms with Gasteiger partial charge in [-0.25, -0.2) is 4.98 Å². The highest BCUT2D eigenvalue weighted by Crippen LogP contribution is 2.39. The molecule has 4 rings (SSSR count). The van der Waals surface area contributed by atoms with Crippen molar-refractivity contribution in [1.29, 1.82) is 0 Å². The maximum atomic E-state index is 13.1. The van der Waals surface area contributed by atoms with E-state index in [0.717, 1.165) is 33.9 Å². The molecule has 0 bridgehead atoms. The first-order valence-electron chi connectivity index (χ1n) is 10.8. The average Bonchev–Trinajstić information content (AvgIpc) is 3.28. The van der Waals surface area contributed by atoms with E-state index in [4.69, 9.17) is 9.47 Å². The first-order chi connectivity index (χ1) is 15.9. The number of carbonyl (C=O) groups excluding carboxylic acids is 2. The number of para-hydroxylation sites is 1. The van der Waals surface area contributed by atoms with E-state index in [1.165, 1.54) is 4.90 Å². The fraction of sp³-hybridized carbons (Fsp3) is 0.320. The molecule has 8 heteroatoms. The molecule has 7 nitrogen and oxygen atoms in total. The monoisotopic (exact) mass is 465 g/mol. The Labute approximate surface area is 197 Å². The fourth-order valence-electron chi connectivity index (χ4n) is 3.73. The molecule has 3 aromatic rings. The van der Waals surface area contributed by atoms with Gasteiger partial charge in [0.1, 0.15) is 11.8 Å². The van der Waals surface area contributed by atoms with Gasteiger partial charge in [0.15, 0.2) is 6.10 Å². The molecule has 0 radical (unpaired) electrons. The van der Waals surface area contributed by atoms with Crippen LogP contribution >= 0.6 is 11.3 Å². The standard InChI is InChI=1S/C25H27N3O4S/c1-15-7-5-6-8-19(15)27-24(29)16(2)28-21-13-18(9-10-22(21)32-17(3)25(28)30)20-14-33-23(26-20)11-12-31-4/h5-10,13-14,16-17H,11-12H2,1-4H3,(H,27,29). The Bertz CT molecular complexity index is 1180. The molecule has 0 spiro atoms. The molecule has 0 saturated heterocycles. The van der Waals surface area contributed by atoms with Gasteiger partial charge in [0.25, 0.3) is 5.91 Å². The number of ether oxygens (including phenoxy) is 2. The Kier molecular flexibility index (Phi) is 6.76. The molecule has 172 valence electrons. The van der Waals surface area contributed by atoms with Gasteiger partial charge in [0.05, 0.1) is 23.0 Å². The van der Waals surface area contributed by atoms with E-state index in [1.807, 2.05) is 54.8 Å². The second-order valence-corrected chi connectivity index (χ2v) is 8.94. The van der Waals surface area contributed by atoms with Crippen LogP contribution in [0.5, 0.6) is 5.75 Å². The largest absolute Gasteiger partial charge is 0.479 e. The number of anilines is 2. The quantitative estimate of drug-likeness (QED) is 0.558. The van der Waals surface area contributed by atoms with Crippen LogP contribution < -0.4 is 15.0 Å². The van der Waals surface area contributed by atoms with Gasteiger partial charge in [0, 0.05) is 30.2 Å². The zero-order valence-corrected chi connectivity index (χ0v) is 19.9. The van der Waals surface area contributed by atoms with Gasteiger partial charge in [0.2, 0.25) is 5.91 Å². The number of hydrogen-bond donors (Lipinski definition) is 1. The summed E-state index contributed by atoms with van der Waals surface area (Å²) >= 11 is 1.57. The third-order valence-corrected chi connectivity index (χ3v) is 6.55. The van der Waals surface area contributed by atoms with Crippen LogP contribution in [0.25, 0.3) is 11.3 Å². The number of benzene rings is 2. The molecule has 33 heavy (non-hydrogen) atoms. The van der Waals surface area contributed by atoms with Crippen molar-refractivity contribution in [2.75, 3.05) is 23.9 Å². The lowest BCUT2D eigenvalue weighted by Crippen LogP contribution is -2.52. The highest BCUT2D eigenvalue weighted by Gasteiger charge is 2.37. The van der Waals surface area contributed by atoms with Crippen molar-refractivity contribution in [3.8, 4) is 17.0 Å². The van der Waals surface area contributed by atoms with Gasteiger partial charge in [-0.1, -0.05) is 18.2 Å². The molecular weight excluding hydrogens is 438 g/mol. The van der Waals surface area contributed by atoms with Gasteiger partial charge >= 0.3 is 0 Å². The Morgan fingerprint density at radius 3 is 2.85 bits per heavy atom. The van der Waals surface area contributed by atoms with Crippen LogP contribution in [0.2, 0.25) is 0 Å². The van der Waals surface area contributed by atoms with E-state index in [9.17, 15) is 9.59 Å². The minimum atomic E-state index is -0.731. The molecule has 2 atom stereocenters. The average molecular weight is 466 g/mol. The number of carbonyl (C=O) groups is 2. The summed E-state index contributed by atoms with van der Waals surface area (Å²) in [6, 6.07) is 12.5. The second-order valence-electron chi connectivity index (χ2n) is 8.00. The van der Waals surface area contributed by atoms with Crippen molar-refractivity contribution in [3.05, 3.63) is 58.4 Å². The van der Waals surface area contributed by atoms with Crippen LogP contribution in [0, 0.1) is 6.92 Å². The van der Waals surface area contributed by atoms with Crippen LogP contribution in [0.15, 0.2) is 47.8 Å². The van der Waals surface area contributed by atoms with Crippen LogP contribution in [0.3, 0.4) is 0 Å². The molecule has 0 fully saturated rings. The first kappa shape index (κ1) is 22.9. The maximum Gasteiger partial charge on any atom is 0.268 e. The number of nitrogens with zero attached hydrogens (tertiary/aromatic N) is 2. The fourth-order valence-corrected chi connectivity index (χ4v) is 4.52. The lowest BCUT2D eigenvalue weighted by atomic mass is 10.1. The molecule has 2 aromatic carbocycles. The summed E-state index contributed by atoms with van der Waals surface area (Å²) in [5, 5.41) is 5.91. The molecule has 1 N–H and O–H groups in total. The number of rotatable bonds is 7. The van der Waals surface area contributed by atoms with E-state index in [2.05, 4.69) is 10.3 Å². The molecular formula is C25H27N3O4S. The van der Waals surface area contributed by atoms with E-state index < -0.39 is 12.1 Å². The van der Waals surface area contributed by atoms with Gasteiger partial charge in [-0.05, 0) is 50.6 Å². The molecule has 1 aliphatic heterocycles. The first-order valence-corrected chi connectivity index (χ1v) is 11.7. The minimum absolute atomic E-state index is 0.258. The molecule has 2 amide bonds. The van der Waals surface area contributed by atoms with E-state index in [-0.39, 0.29) is 11.8 Å². The molecule has 1 aromatic heterocycles. The number of aryl methyl sites for hydroxylation is 1. The summed E-state index contributed by atoms with van der Waals surface area (Å²) in [7, 11) is 1.67. The zero-order valence-electron chi connectivity index (χ0n) is 19.1. The van der Waals surface area contributed by atoms with Gasteiger partial charge in [-0.3, -0.25) is 14.5 Å². The summed E-state index contributed by atoms with van der Waals surface area (Å²) in [4.78, 5) is 32.4. The van der Waals surface area contributed by atoms with E-state index >= 15 is 0 Å². The van der Waals surface area contributed by atoms with Crippen molar-refractivity contribution < 1.29 is 19.1 Å². The molecule has 2 unspecified atom stereocenters. The van der Waals surface area contributed by atoms with E-state index in [1.54, 1.807) is 32.3 Å². The number of methoxy groups -OCH3 is 1. The Morgan fingerprint density at radius 2 is 2.09 bits per heavy atom. The number of nitrogens with one attached hydrogen (secondary N) is 1. The normalized spacial score (nSPS) is 16.2. The van der Waals surface area contributed by atoms with Crippen LogP contribution in [0.1, 0.15) is 24.4 Å². The van der Waals surface area contributed by atoms with Crippen molar-refractivity contribution in [1.82, 2.24) is 4.98 Å². The third-order valence-electron chi connectivity index (χ3n) is 5.64. The van der Waals surface area contributed by atoms with Crippen LogP contribution in [0.4, 0.5) is 11.4 Å². The number of hydrogen-bond acceptors (Lipinski definition) is 6. The lowest BCUT2D eigenvalue weighted by molar-refractivity contribution is -0.128. The van der Waals surface area contributed by atoms with Crippen molar-refractivity contribution in [2.24, 2.45) is 0 Å². The number of amides is 2. The summed E-state index contributed by atoms with van der Waals surface area (Å²) in [6.45, 7) is 5.96. The number of aromatic nitrogens is 1. The topological polar surface area (TPSA) is 80.8 Å². The molecule has 0 aliphatic carbocycles. The number of thiazole rings is 1. The van der Waals surface area contributed by atoms with E-state index in [0.29, 0.717) is 18.0 Å². The third kappa shape index (κ3) is 4.77. The molecule has 1 aliphatic rings. The smallest absolute Gasteiger partial charge is 0.268 e. The Morgan fingerprint density at radius 1 is 1.30 bits per heavy atom. The van der Waals surface area contributed by atoms with Crippen LogP contribution in [-0.2, 0) is 20.7 Å². The van der Waals surface area contributed by atoms with Gasteiger partial charge in [-0.15, -0.1) is 11.3 Å². The summed E-state index contributed by atoms with van der Waals surface area (Å²) in [5.74, 6) is 0.0426. The summed E-state index contributed by atoms with van der Waals surface area (Å²) in [5.41, 5.74) is 3.92. The summed E-state index contributed by atoms with van der Waals surface area (Å²) in [6.07, 6.45) is 0.0602. The van der Waals surface area contributed by atoms with Crippen molar-refractivity contribution >= 4 is 34.5 Å². The van der Waals surface area contributed by atoms with Crippen LogP contribution in [-0.4, -0.2) is 42.7 Å². The maximum absolute atomic E-state index is 13.1. The zero-order chi connectivity index (χ0) is 23.5. The minimum Gasteiger partial charge on any atom is -0.479 e.